The van der Waals surface area contributed by atoms with Crippen molar-refractivity contribution in [1.82, 2.24) is 24.3 Å². The summed E-state index contributed by atoms with van der Waals surface area (Å²) < 4.78 is 13.4. The average molecular weight is 707 g/mol. The molecular weight excluding hydrogens is 665 g/mol. The Labute approximate surface area is 302 Å². The van der Waals surface area contributed by atoms with Crippen LogP contribution in [0.25, 0.3) is 17.2 Å². The Morgan fingerprint density at radius 2 is 1.69 bits per heavy atom. The van der Waals surface area contributed by atoms with Crippen molar-refractivity contribution in [3.05, 3.63) is 103 Å². The first kappa shape index (κ1) is 35.6. The van der Waals surface area contributed by atoms with Crippen molar-refractivity contribution in [3.8, 4) is 28.7 Å². The van der Waals surface area contributed by atoms with Crippen LogP contribution in [-0.4, -0.2) is 89.6 Å². The van der Waals surface area contributed by atoms with E-state index in [0.29, 0.717) is 61.3 Å². The number of benzene rings is 2. The number of nitrogens with zero attached hydrogens (tertiary/aromatic N) is 6. The SMILES string of the molecule is COc1cc(-c2cn(C)c(=O)c(C)c2C)cc(OC)c1CN1CCN(C(=O)[C@@H]2CN(C(=O)/C(C#N)=C/c3nccs3)C[C@H]2c2ccccc2)CC1. The third-order valence-corrected chi connectivity index (χ3v) is 10.9. The first-order valence-corrected chi connectivity index (χ1v) is 17.8. The molecule has 6 rings (SSSR count). The van der Waals surface area contributed by atoms with Crippen LogP contribution in [0.4, 0.5) is 0 Å². The highest BCUT2D eigenvalue weighted by Crippen LogP contribution is 2.38. The number of pyridine rings is 1. The van der Waals surface area contributed by atoms with Crippen LogP contribution < -0.4 is 15.0 Å². The highest BCUT2D eigenvalue weighted by atomic mass is 32.1. The van der Waals surface area contributed by atoms with Gasteiger partial charge in [0.2, 0.25) is 5.91 Å². The summed E-state index contributed by atoms with van der Waals surface area (Å²) in [7, 11) is 5.04. The fourth-order valence-corrected chi connectivity index (χ4v) is 7.71. The molecule has 2 fully saturated rings. The molecule has 0 aliphatic carbocycles. The van der Waals surface area contributed by atoms with E-state index >= 15 is 0 Å². The summed E-state index contributed by atoms with van der Waals surface area (Å²) in [6, 6.07) is 15.9. The maximum Gasteiger partial charge on any atom is 0.264 e. The lowest BCUT2D eigenvalue weighted by molar-refractivity contribution is -0.137. The van der Waals surface area contributed by atoms with E-state index in [0.717, 1.165) is 27.8 Å². The van der Waals surface area contributed by atoms with Crippen LogP contribution in [0, 0.1) is 31.1 Å². The number of piperazine rings is 1. The lowest BCUT2D eigenvalue weighted by atomic mass is 9.88. The number of hydrogen-bond acceptors (Lipinski definition) is 9. The highest BCUT2D eigenvalue weighted by Gasteiger charge is 2.43. The van der Waals surface area contributed by atoms with Crippen LogP contribution in [0.1, 0.15) is 33.2 Å². The van der Waals surface area contributed by atoms with E-state index in [-0.39, 0.29) is 35.4 Å². The molecule has 0 unspecified atom stereocenters. The van der Waals surface area contributed by atoms with Gasteiger partial charge in [0.25, 0.3) is 11.5 Å². The molecule has 4 aromatic rings. The number of likely N-dealkylation sites (tertiary alicyclic amines) is 1. The lowest BCUT2D eigenvalue weighted by Crippen LogP contribution is -2.50. The van der Waals surface area contributed by atoms with E-state index in [1.165, 1.54) is 17.4 Å². The van der Waals surface area contributed by atoms with Gasteiger partial charge in [0, 0.05) is 87.7 Å². The van der Waals surface area contributed by atoms with Crippen molar-refractivity contribution < 1.29 is 19.1 Å². The van der Waals surface area contributed by atoms with Crippen LogP contribution >= 0.6 is 11.3 Å². The number of amides is 2. The molecule has 2 saturated heterocycles. The van der Waals surface area contributed by atoms with Gasteiger partial charge in [-0.3, -0.25) is 19.3 Å². The molecular formula is C39H42N6O5S. The zero-order valence-corrected chi connectivity index (χ0v) is 30.4. The molecule has 12 heteroatoms. The van der Waals surface area contributed by atoms with Crippen LogP contribution in [0.5, 0.6) is 11.5 Å². The summed E-state index contributed by atoms with van der Waals surface area (Å²) in [5, 5.41) is 12.2. The Bertz CT molecular complexity index is 2020. The molecule has 0 N–H and O–H groups in total. The van der Waals surface area contributed by atoms with E-state index < -0.39 is 5.92 Å². The molecule has 2 amide bonds. The molecule has 0 radical (unpaired) electrons. The summed E-state index contributed by atoms with van der Waals surface area (Å²) in [5.41, 5.74) is 5.35. The van der Waals surface area contributed by atoms with Crippen LogP contribution in [0.15, 0.2) is 70.6 Å². The number of rotatable bonds is 9. The first-order valence-electron chi connectivity index (χ1n) is 16.9. The number of thiazole rings is 1. The van der Waals surface area contributed by atoms with E-state index in [1.54, 1.807) is 42.3 Å². The van der Waals surface area contributed by atoms with Gasteiger partial charge in [-0.25, -0.2) is 4.98 Å². The molecule has 2 aliphatic heterocycles. The van der Waals surface area contributed by atoms with Crippen LogP contribution in [0.3, 0.4) is 0 Å². The molecule has 11 nitrogen and oxygen atoms in total. The third-order valence-electron chi connectivity index (χ3n) is 10.1. The Balaban J connectivity index is 1.17. The van der Waals surface area contributed by atoms with E-state index in [4.69, 9.17) is 9.47 Å². The number of carbonyl (C=O) groups excluding carboxylic acids is 2. The van der Waals surface area contributed by atoms with E-state index in [1.807, 2.05) is 73.5 Å². The smallest absolute Gasteiger partial charge is 0.264 e. The van der Waals surface area contributed by atoms with Crippen LogP contribution in [0.2, 0.25) is 0 Å². The number of methoxy groups -OCH3 is 2. The van der Waals surface area contributed by atoms with Gasteiger partial charge in [-0.1, -0.05) is 30.3 Å². The van der Waals surface area contributed by atoms with Crippen molar-refractivity contribution in [1.29, 1.82) is 5.26 Å². The van der Waals surface area contributed by atoms with Gasteiger partial charge in [-0.05, 0) is 48.7 Å². The van der Waals surface area contributed by atoms with Crippen molar-refractivity contribution in [3.63, 3.8) is 0 Å². The predicted octanol–water partition coefficient (Wildman–Crippen LogP) is 4.64. The minimum atomic E-state index is -0.431. The zero-order chi connectivity index (χ0) is 36.2. The molecule has 2 aromatic carbocycles. The number of ether oxygens (including phenoxy) is 2. The Kier molecular flexibility index (Phi) is 10.7. The largest absolute Gasteiger partial charge is 0.496 e. The topological polar surface area (TPSA) is 121 Å². The van der Waals surface area contributed by atoms with Crippen molar-refractivity contribution in [2.45, 2.75) is 26.3 Å². The summed E-state index contributed by atoms with van der Waals surface area (Å²) in [6.45, 7) is 7.33. The quantitative estimate of drug-likeness (QED) is 0.183. The normalized spacial score (nSPS) is 18.1. The number of carbonyl (C=O) groups is 2. The molecule has 0 bridgehead atoms. The predicted molar refractivity (Wildman–Crippen MR) is 197 cm³/mol. The summed E-state index contributed by atoms with van der Waals surface area (Å²) >= 11 is 1.36. The number of hydrogen-bond donors (Lipinski definition) is 0. The van der Waals surface area contributed by atoms with Crippen LogP contribution in [-0.2, 0) is 23.2 Å². The number of aryl methyl sites for hydroxylation is 1. The minimum absolute atomic E-state index is 0.0111. The second-order valence-corrected chi connectivity index (χ2v) is 14.0. The monoisotopic (exact) mass is 706 g/mol. The number of nitriles is 1. The first-order chi connectivity index (χ1) is 24.6. The summed E-state index contributed by atoms with van der Waals surface area (Å²) in [4.78, 5) is 50.3. The standard InChI is InChI=1S/C39H42N6O5S/c1-25-26(2)37(46)42(3)21-30(25)28-17-34(49-4)33(35(18-28)50-5)22-43-12-14-44(15-13-43)39(48)32-24-45(23-31(32)27-9-7-6-8-10-27)38(47)29(20-40)19-36-41-11-16-51-36/h6-11,16-19,21,31-32H,12-15,22-24H2,1-5H3/b29-19+/t31-,32+/m0/s1. The Morgan fingerprint density at radius 1 is 1.00 bits per heavy atom. The molecule has 2 aliphatic rings. The van der Waals surface area contributed by atoms with Gasteiger partial charge in [0.05, 0.1) is 25.7 Å². The van der Waals surface area contributed by atoms with Crippen molar-refractivity contribution >= 4 is 29.2 Å². The summed E-state index contributed by atoms with van der Waals surface area (Å²) in [5.74, 6) is 0.395. The highest BCUT2D eigenvalue weighted by molar-refractivity contribution is 7.10. The molecule has 0 spiro atoms. The van der Waals surface area contributed by atoms with E-state index in [2.05, 4.69) is 9.88 Å². The molecule has 2 aromatic heterocycles. The van der Waals surface area contributed by atoms with Gasteiger partial charge in [-0.15, -0.1) is 11.3 Å². The lowest BCUT2D eigenvalue weighted by Gasteiger charge is -2.37. The van der Waals surface area contributed by atoms with Gasteiger partial charge in [0.15, 0.2) is 0 Å². The fourth-order valence-electron chi connectivity index (χ4n) is 7.15. The van der Waals surface area contributed by atoms with Crippen molar-refractivity contribution in [2.24, 2.45) is 13.0 Å². The zero-order valence-electron chi connectivity index (χ0n) is 29.6. The molecule has 0 saturated carbocycles. The van der Waals surface area contributed by atoms with Gasteiger partial charge in [-0.2, -0.15) is 5.26 Å². The molecule has 264 valence electrons. The third kappa shape index (κ3) is 7.31. The molecule has 2 atom stereocenters. The Morgan fingerprint density at radius 3 is 2.29 bits per heavy atom. The van der Waals surface area contributed by atoms with E-state index in [9.17, 15) is 19.6 Å². The van der Waals surface area contributed by atoms with Crippen molar-refractivity contribution in [2.75, 3.05) is 53.5 Å². The summed E-state index contributed by atoms with van der Waals surface area (Å²) in [6.07, 6.45) is 5.00. The molecule has 51 heavy (non-hydrogen) atoms. The minimum Gasteiger partial charge on any atom is -0.496 e. The average Bonchev–Trinajstić information content (AvgIpc) is 3.85. The maximum atomic E-state index is 14.2. The second-order valence-electron chi connectivity index (χ2n) is 13.0. The molecule has 4 heterocycles. The second kappa shape index (κ2) is 15.3. The van der Waals surface area contributed by atoms with Gasteiger partial charge >= 0.3 is 0 Å². The number of aromatic nitrogens is 2. The fraction of sp³-hybridized carbons (Fsp3) is 0.359. The Hall–Kier alpha value is -5.25. The van der Waals surface area contributed by atoms with Gasteiger partial charge in [0.1, 0.15) is 28.1 Å². The van der Waals surface area contributed by atoms with Gasteiger partial charge < -0.3 is 23.8 Å². The maximum absolute atomic E-state index is 14.2.